The standard InChI is InChI=1S/C18H19N7/c1-2-14(11-20-5-1)23-17-10-15(13-3-6-19-7-4-13)24-18(25-17)16-12-21-8-9-22-16/h3-4,6-10,12,14,20H,1-2,5,11H2,(H,23,24,25). The monoisotopic (exact) mass is 333 g/mol. The van der Waals surface area contributed by atoms with Gasteiger partial charge in [0.15, 0.2) is 5.82 Å². The fraction of sp³-hybridized carbons (Fsp3) is 0.278. The lowest BCUT2D eigenvalue weighted by Crippen LogP contribution is -2.38. The number of anilines is 1. The highest BCUT2D eigenvalue weighted by atomic mass is 15.1. The van der Waals surface area contributed by atoms with Gasteiger partial charge in [-0.1, -0.05) is 0 Å². The molecule has 1 fully saturated rings. The Morgan fingerprint density at radius 3 is 2.68 bits per heavy atom. The maximum absolute atomic E-state index is 4.67. The molecular weight excluding hydrogens is 314 g/mol. The van der Waals surface area contributed by atoms with Gasteiger partial charge in [-0.05, 0) is 31.5 Å². The molecule has 25 heavy (non-hydrogen) atoms. The van der Waals surface area contributed by atoms with Crippen LogP contribution in [0.3, 0.4) is 0 Å². The van der Waals surface area contributed by atoms with E-state index in [0.29, 0.717) is 17.6 Å². The molecule has 3 aromatic heterocycles. The zero-order chi connectivity index (χ0) is 16.9. The Labute approximate surface area is 146 Å². The molecule has 1 atom stereocenters. The van der Waals surface area contributed by atoms with Gasteiger partial charge in [0.05, 0.1) is 11.9 Å². The minimum atomic E-state index is 0.364. The lowest BCUT2D eigenvalue weighted by molar-refractivity contribution is 0.479. The minimum absolute atomic E-state index is 0.364. The van der Waals surface area contributed by atoms with Gasteiger partial charge in [-0.3, -0.25) is 9.97 Å². The van der Waals surface area contributed by atoms with Gasteiger partial charge in [0.1, 0.15) is 11.5 Å². The average Bonchev–Trinajstić information content (AvgIpc) is 2.70. The van der Waals surface area contributed by atoms with Crippen LogP contribution in [0.5, 0.6) is 0 Å². The molecule has 0 saturated carbocycles. The predicted octanol–water partition coefficient (Wildman–Crippen LogP) is 2.16. The fourth-order valence-electron chi connectivity index (χ4n) is 2.91. The smallest absolute Gasteiger partial charge is 0.182 e. The molecule has 4 heterocycles. The molecule has 1 aliphatic heterocycles. The zero-order valence-electron chi connectivity index (χ0n) is 13.8. The molecule has 0 aromatic carbocycles. The molecular formula is C18H19N7. The normalized spacial score (nSPS) is 17.2. The van der Waals surface area contributed by atoms with Crippen molar-refractivity contribution in [1.29, 1.82) is 0 Å². The lowest BCUT2D eigenvalue weighted by Gasteiger charge is -2.24. The van der Waals surface area contributed by atoms with E-state index in [1.165, 1.54) is 0 Å². The first kappa shape index (κ1) is 15.6. The Hall–Kier alpha value is -2.93. The molecule has 7 nitrogen and oxygen atoms in total. The Bertz CT molecular complexity index is 760. The summed E-state index contributed by atoms with van der Waals surface area (Å²) >= 11 is 0. The van der Waals surface area contributed by atoms with Crippen molar-refractivity contribution in [3.8, 4) is 22.8 Å². The molecule has 1 aliphatic rings. The summed E-state index contributed by atoms with van der Waals surface area (Å²) in [5, 5.41) is 6.93. The van der Waals surface area contributed by atoms with Gasteiger partial charge in [0.25, 0.3) is 0 Å². The summed E-state index contributed by atoms with van der Waals surface area (Å²) in [6, 6.07) is 6.22. The Balaban J connectivity index is 1.72. The largest absolute Gasteiger partial charge is 0.366 e. The first-order valence-electron chi connectivity index (χ1n) is 8.41. The number of piperidine rings is 1. The number of nitrogens with zero attached hydrogens (tertiary/aromatic N) is 5. The van der Waals surface area contributed by atoms with Crippen LogP contribution in [0.4, 0.5) is 5.82 Å². The van der Waals surface area contributed by atoms with Crippen molar-refractivity contribution in [2.24, 2.45) is 0 Å². The van der Waals surface area contributed by atoms with Gasteiger partial charge >= 0.3 is 0 Å². The van der Waals surface area contributed by atoms with Gasteiger partial charge in [-0.25, -0.2) is 15.0 Å². The highest BCUT2D eigenvalue weighted by molar-refractivity contribution is 5.65. The second-order valence-corrected chi connectivity index (χ2v) is 5.98. The van der Waals surface area contributed by atoms with Crippen LogP contribution in [0.15, 0.2) is 49.2 Å². The van der Waals surface area contributed by atoms with E-state index in [1.54, 1.807) is 31.0 Å². The van der Waals surface area contributed by atoms with Gasteiger partial charge in [-0.2, -0.15) is 0 Å². The molecule has 0 radical (unpaired) electrons. The second kappa shape index (κ2) is 7.31. The van der Waals surface area contributed by atoms with E-state index in [2.05, 4.69) is 35.6 Å². The highest BCUT2D eigenvalue weighted by Gasteiger charge is 2.15. The summed E-state index contributed by atoms with van der Waals surface area (Å²) in [5.41, 5.74) is 2.49. The maximum atomic E-state index is 4.67. The molecule has 0 bridgehead atoms. The minimum Gasteiger partial charge on any atom is -0.366 e. The summed E-state index contributed by atoms with van der Waals surface area (Å²) in [5.74, 6) is 1.37. The first-order chi connectivity index (χ1) is 12.4. The van der Waals surface area contributed by atoms with E-state index in [1.807, 2.05) is 18.2 Å². The summed E-state index contributed by atoms with van der Waals surface area (Å²) < 4.78 is 0. The van der Waals surface area contributed by atoms with Crippen molar-refractivity contribution in [3.63, 3.8) is 0 Å². The maximum Gasteiger partial charge on any atom is 0.182 e. The van der Waals surface area contributed by atoms with Gasteiger partial charge in [-0.15, -0.1) is 0 Å². The summed E-state index contributed by atoms with van der Waals surface area (Å²) in [7, 11) is 0. The zero-order valence-corrected chi connectivity index (χ0v) is 13.8. The molecule has 0 amide bonds. The van der Waals surface area contributed by atoms with E-state index < -0.39 is 0 Å². The number of pyridine rings is 1. The third-order valence-electron chi connectivity index (χ3n) is 4.14. The first-order valence-corrected chi connectivity index (χ1v) is 8.41. The van der Waals surface area contributed by atoms with E-state index in [4.69, 9.17) is 0 Å². The van der Waals surface area contributed by atoms with Crippen LogP contribution < -0.4 is 10.6 Å². The summed E-state index contributed by atoms with van der Waals surface area (Å²) in [6.45, 7) is 2.02. The van der Waals surface area contributed by atoms with E-state index >= 15 is 0 Å². The fourth-order valence-corrected chi connectivity index (χ4v) is 2.91. The lowest BCUT2D eigenvalue weighted by atomic mass is 10.1. The molecule has 1 saturated heterocycles. The molecule has 7 heteroatoms. The third kappa shape index (κ3) is 3.77. The summed E-state index contributed by atoms with van der Waals surface area (Å²) in [4.78, 5) is 21.9. The summed E-state index contributed by atoms with van der Waals surface area (Å²) in [6.07, 6.45) is 10.8. The van der Waals surface area contributed by atoms with Gasteiger partial charge < -0.3 is 10.6 Å². The molecule has 2 N–H and O–H groups in total. The van der Waals surface area contributed by atoms with Gasteiger partial charge in [0, 0.05) is 49.0 Å². The number of hydrogen-bond acceptors (Lipinski definition) is 7. The van der Waals surface area contributed by atoms with Crippen molar-refractivity contribution in [1.82, 2.24) is 30.2 Å². The van der Waals surface area contributed by atoms with Gasteiger partial charge in [0.2, 0.25) is 0 Å². The van der Waals surface area contributed by atoms with Crippen LogP contribution in [0.2, 0.25) is 0 Å². The number of nitrogens with one attached hydrogen (secondary N) is 2. The third-order valence-corrected chi connectivity index (χ3v) is 4.14. The Morgan fingerprint density at radius 1 is 1.00 bits per heavy atom. The molecule has 0 spiro atoms. The van der Waals surface area contributed by atoms with Crippen LogP contribution in [0, 0.1) is 0 Å². The predicted molar refractivity (Wildman–Crippen MR) is 95.8 cm³/mol. The Kier molecular flexibility index (Phi) is 4.56. The van der Waals surface area contributed by atoms with E-state index in [0.717, 1.165) is 43.0 Å². The molecule has 1 unspecified atom stereocenters. The molecule has 126 valence electrons. The molecule has 3 aromatic rings. The number of hydrogen-bond donors (Lipinski definition) is 2. The number of rotatable bonds is 4. The van der Waals surface area contributed by atoms with Crippen molar-refractivity contribution in [2.45, 2.75) is 18.9 Å². The van der Waals surface area contributed by atoms with Crippen LogP contribution in [-0.2, 0) is 0 Å². The molecule has 0 aliphatic carbocycles. The van der Waals surface area contributed by atoms with E-state index in [-0.39, 0.29) is 0 Å². The van der Waals surface area contributed by atoms with Crippen LogP contribution >= 0.6 is 0 Å². The number of aromatic nitrogens is 5. The average molecular weight is 333 g/mol. The SMILES string of the molecule is c1cc(-c2cc(NC3CCCNC3)nc(-c3cnccn3)n2)ccn1. The van der Waals surface area contributed by atoms with Crippen LogP contribution in [-0.4, -0.2) is 44.1 Å². The highest BCUT2D eigenvalue weighted by Crippen LogP contribution is 2.23. The molecule has 4 rings (SSSR count). The quantitative estimate of drug-likeness (QED) is 0.756. The second-order valence-electron chi connectivity index (χ2n) is 5.98. The van der Waals surface area contributed by atoms with Crippen LogP contribution in [0.1, 0.15) is 12.8 Å². The van der Waals surface area contributed by atoms with Crippen molar-refractivity contribution < 1.29 is 0 Å². The topological polar surface area (TPSA) is 88.5 Å². The Morgan fingerprint density at radius 2 is 1.92 bits per heavy atom. The van der Waals surface area contributed by atoms with Crippen LogP contribution in [0.25, 0.3) is 22.8 Å². The van der Waals surface area contributed by atoms with Crippen molar-refractivity contribution >= 4 is 5.82 Å². The van der Waals surface area contributed by atoms with E-state index in [9.17, 15) is 0 Å². The van der Waals surface area contributed by atoms with Crippen molar-refractivity contribution in [3.05, 3.63) is 49.2 Å². The van der Waals surface area contributed by atoms with Crippen molar-refractivity contribution in [2.75, 3.05) is 18.4 Å².